The minimum absolute atomic E-state index is 0.261. The summed E-state index contributed by atoms with van der Waals surface area (Å²) < 4.78 is 45.5. The molecule has 0 radical (unpaired) electrons. The molecule has 0 aromatic heterocycles. The van der Waals surface area contributed by atoms with E-state index in [0.29, 0.717) is 18.3 Å². The summed E-state index contributed by atoms with van der Waals surface area (Å²) in [4.78, 5) is 0. The van der Waals surface area contributed by atoms with Crippen LogP contribution in [-0.4, -0.2) is 13.0 Å². The van der Waals surface area contributed by atoms with Crippen LogP contribution < -0.4 is 9.47 Å². The molecule has 5 heteroatoms. The summed E-state index contributed by atoms with van der Waals surface area (Å²) in [6.45, 7) is 4.49. The Hall–Kier alpha value is -1.65. The molecule has 1 aromatic rings. The summed E-state index contributed by atoms with van der Waals surface area (Å²) in [6.07, 6.45) is -2.73. The third-order valence-corrected chi connectivity index (χ3v) is 2.70. The topological polar surface area (TPSA) is 18.5 Å². The second kappa shape index (κ2) is 4.55. The van der Waals surface area contributed by atoms with E-state index in [9.17, 15) is 13.2 Å². The van der Waals surface area contributed by atoms with Gasteiger partial charge < -0.3 is 9.47 Å². The minimum atomic E-state index is -4.68. The third kappa shape index (κ3) is 2.97. The zero-order valence-corrected chi connectivity index (χ0v) is 10.0. The van der Waals surface area contributed by atoms with Crippen LogP contribution in [0, 0.1) is 5.92 Å². The Morgan fingerprint density at radius 1 is 1.28 bits per heavy atom. The highest BCUT2D eigenvalue weighted by molar-refractivity contribution is 5.63. The van der Waals surface area contributed by atoms with Crippen LogP contribution in [0.1, 0.15) is 19.4 Å². The van der Waals surface area contributed by atoms with Crippen molar-refractivity contribution in [2.45, 2.75) is 20.2 Å². The lowest BCUT2D eigenvalue weighted by molar-refractivity contribution is -0.274. The van der Waals surface area contributed by atoms with E-state index >= 15 is 0 Å². The van der Waals surface area contributed by atoms with Crippen molar-refractivity contribution < 1.29 is 22.6 Å². The van der Waals surface area contributed by atoms with Gasteiger partial charge in [0, 0.05) is 11.6 Å². The molecule has 0 bridgehead atoms. The van der Waals surface area contributed by atoms with Crippen molar-refractivity contribution in [3.8, 4) is 11.5 Å². The average Bonchev–Trinajstić information content (AvgIpc) is 2.26. The van der Waals surface area contributed by atoms with E-state index in [0.717, 1.165) is 11.1 Å². The molecule has 1 aromatic carbocycles. The lowest BCUT2D eigenvalue weighted by Crippen LogP contribution is -2.17. The fourth-order valence-corrected chi connectivity index (χ4v) is 1.69. The average molecular weight is 258 g/mol. The number of alkyl halides is 3. The van der Waals surface area contributed by atoms with E-state index in [-0.39, 0.29) is 5.75 Å². The first-order chi connectivity index (χ1) is 8.35. The van der Waals surface area contributed by atoms with Gasteiger partial charge in [-0.3, -0.25) is 0 Å². The molecule has 2 rings (SSSR count). The van der Waals surface area contributed by atoms with Gasteiger partial charge in [-0.25, -0.2) is 0 Å². The molecule has 0 aliphatic carbocycles. The van der Waals surface area contributed by atoms with Crippen molar-refractivity contribution in [1.29, 1.82) is 0 Å². The lowest BCUT2D eigenvalue weighted by atomic mass is 9.99. The van der Waals surface area contributed by atoms with Gasteiger partial charge in [-0.1, -0.05) is 13.8 Å². The number of hydrogen-bond donors (Lipinski definition) is 0. The van der Waals surface area contributed by atoms with E-state index in [2.05, 4.69) is 4.74 Å². The molecule has 0 atom stereocenters. The van der Waals surface area contributed by atoms with Gasteiger partial charge in [0.05, 0.1) is 0 Å². The van der Waals surface area contributed by atoms with Crippen molar-refractivity contribution in [1.82, 2.24) is 0 Å². The van der Waals surface area contributed by atoms with Gasteiger partial charge in [-0.05, 0) is 29.7 Å². The number of ether oxygens (including phenoxy) is 2. The SMILES string of the molecule is CC(C)C1=Cc2ccc(OC(F)(F)F)cc2OC1. The maximum atomic E-state index is 12.1. The second-order valence-corrected chi connectivity index (χ2v) is 4.41. The first kappa shape index (κ1) is 12.8. The lowest BCUT2D eigenvalue weighted by Gasteiger charge is -2.21. The van der Waals surface area contributed by atoms with E-state index in [4.69, 9.17) is 4.74 Å². The van der Waals surface area contributed by atoms with Crippen molar-refractivity contribution in [2.75, 3.05) is 6.61 Å². The van der Waals surface area contributed by atoms with Crippen LogP contribution in [0.3, 0.4) is 0 Å². The molecule has 0 fully saturated rings. The van der Waals surface area contributed by atoms with Crippen molar-refractivity contribution in [3.63, 3.8) is 0 Å². The molecule has 2 nitrogen and oxygen atoms in total. The summed E-state index contributed by atoms with van der Waals surface area (Å²) >= 11 is 0. The standard InChI is InChI=1S/C13H13F3O2/c1-8(2)10-5-9-3-4-11(18-13(14,15)16)6-12(9)17-7-10/h3-6,8H,7H2,1-2H3. The Labute approximate surface area is 103 Å². The van der Waals surface area contributed by atoms with Gasteiger partial charge in [0.25, 0.3) is 0 Å². The molecule has 0 saturated carbocycles. The predicted octanol–water partition coefficient (Wildman–Crippen LogP) is 4.02. The Bertz CT molecular complexity index is 476. The molecule has 0 spiro atoms. The maximum absolute atomic E-state index is 12.1. The van der Waals surface area contributed by atoms with Crippen LogP contribution in [0.5, 0.6) is 11.5 Å². The highest BCUT2D eigenvalue weighted by atomic mass is 19.4. The normalized spacial score (nSPS) is 14.9. The quantitative estimate of drug-likeness (QED) is 0.797. The summed E-state index contributed by atoms with van der Waals surface area (Å²) in [5, 5.41) is 0. The van der Waals surface area contributed by atoms with Crippen LogP contribution in [0.15, 0.2) is 23.8 Å². The molecule has 1 heterocycles. The number of rotatable bonds is 2. The van der Waals surface area contributed by atoms with Crippen LogP contribution >= 0.6 is 0 Å². The largest absolute Gasteiger partial charge is 0.573 e. The summed E-state index contributed by atoms with van der Waals surface area (Å²) in [7, 11) is 0. The van der Waals surface area contributed by atoms with Gasteiger partial charge in [0.1, 0.15) is 18.1 Å². The number of halogens is 3. The molecule has 1 aliphatic rings. The van der Waals surface area contributed by atoms with Gasteiger partial charge >= 0.3 is 6.36 Å². The Morgan fingerprint density at radius 3 is 2.61 bits per heavy atom. The van der Waals surface area contributed by atoms with Crippen LogP contribution in [0.25, 0.3) is 6.08 Å². The molecule has 0 saturated heterocycles. The molecular weight excluding hydrogens is 245 g/mol. The van der Waals surface area contributed by atoms with Crippen molar-refractivity contribution in [2.24, 2.45) is 5.92 Å². The van der Waals surface area contributed by atoms with E-state index in [1.165, 1.54) is 12.1 Å². The molecule has 18 heavy (non-hydrogen) atoms. The third-order valence-electron chi connectivity index (χ3n) is 2.70. The summed E-state index contributed by atoms with van der Waals surface area (Å²) in [6, 6.07) is 4.11. The van der Waals surface area contributed by atoms with Crippen molar-refractivity contribution in [3.05, 3.63) is 29.3 Å². The number of hydrogen-bond acceptors (Lipinski definition) is 2. The molecule has 98 valence electrons. The first-order valence-electron chi connectivity index (χ1n) is 5.58. The molecule has 1 aliphatic heterocycles. The van der Waals surface area contributed by atoms with Gasteiger partial charge in [0.15, 0.2) is 0 Å². The van der Waals surface area contributed by atoms with Crippen LogP contribution in [-0.2, 0) is 0 Å². The molecule has 0 amide bonds. The zero-order valence-electron chi connectivity index (χ0n) is 10.0. The number of fused-ring (bicyclic) bond motifs is 1. The molecular formula is C13H13F3O2. The monoisotopic (exact) mass is 258 g/mol. The zero-order chi connectivity index (χ0) is 13.3. The highest BCUT2D eigenvalue weighted by Gasteiger charge is 2.31. The Kier molecular flexibility index (Phi) is 3.24. The van der Waals surface area contributed by atoms with Crippen molar-refractivity contribution >= 4 is 6.08 Å². The molecule has 0 N–H and O–H groups in total. The maximum Gasteiger partial charge on any atom is 0.573 e. The summed E-state index contributed by atoms with van der Waals surface area (Å²) in [5.74, 6) is 0.507. The van der Waals surface area contributed by atoms with Crippen LogP contribution in [0.2, 0.25) is 0 Å². The second-order valence-electron chi connectivity index (χ2n) is 4.41. The predicted molar refractivity (Wildman–Crippen MR) is 61.4 cm³/mol. The Morgan fingerprint density at radius 2 is 2.00 bits per heavy atom. The number of benzene rings is 1. The minimum Gasteiger partial charge on any atom is -0.488 e. The van der Waals surface area contributed by atoms with E-state index < -0.39 is 6.36 Å². The fraction of sp³-hybridized carbons (Fsp3) is 0.385. The summed E-state index contributed by atoms with van der Waals surface area (Å²) in [5.41, 5.74) is 1.89. The fourth-order valence-electron chi connectivity index (χ4n) is 1.69. The van der Waals surface area contributed by atoms with Gasteiger partial charge in [-0.2, -0.15) is 0 Å². The van der Waals surface area contributed by atoms with Crippen LogP contribution in [0.4, 0.5) is 13.2 Å². The van der Waals surface area contributed by atoms with Gasteiger partial charge in [-0.15, -0.1) is 13.2 Å². The molecule has 0 unspecified atom stereocenters. The Balaban J connectivity index is 2.25. The van der Waals surface area contributed by atoms with E-state index in [1.807, 2.05) is 19.9 Å². The highest BCUT2D eigenvalue weighted by Crippen LogP contribution is 2.33. The van der Waals surface area contributed by atoms with E-state index in [1.54, 1.807) is 6.07 Å². The van der Waals surface area contributed by atoms with Gasteiger partial charge in [0.2, 0.25) is 0 Å². The smallest absolute Gasteiger partial charge is 0.488 e. The first-order valence-corrected chi connectivity index (χ1v) is 5.58.